The van der Waals surface area contributed by atoms with Crippen molar-refractivity contribution in [3.05, 3.63) is 59.7 Å². The van der Waals surface area contributed by atoms with Gasteiger partial charge < -0.3 is 8.37 Å². The third-order valence-corrected chi connectivity index (χ3v) is 9.17. The molecule has 2 aromatic rings. The van der Waals surface area contributed by atoms with Gasteiger partial charge in [0.05, 0.1) is 0 Å². The Bertz CT molecular complexity index is 1080. The van der Waals surface area contributed by atoms with Crippen LogP contribution in [0.1, 0.15) is 128 Å². The molecule has 0 saturated carbocycles. The van der Waals surface area contributed by atoms with E-state index in [9.17, 15) is 16.8 Å². The van der Waals surface area contributed by atoms with Crippen molar-refractivity contribution in [1.29, 1.82) is 0 Å². The van der Waals surface area contributed by atoms with Crippen molar-refractivity contribution >= 4 is 79.9 Å². The average Bonchev–Trinajstić information content (AvgIpc) is 2.92. The molecular weight excluding hydrogens is 606 g/mol. The van der Waals surface area contributed by atoms with Crippen molar-refractivity contribution in [2.24, 2.45) is 0 Å². The second-order valence-electron chi connectivity index (χ2n) is 10.8. The first-order valence-electron chi connectivity index (χ1n) is 15.5. The maximum absolute atomic E-state index is 12.2. The van der Waals surface area contributed by atoms with Crippen molar-refractivity contribution in [1.82, 2.24) is 0 Å². The van der Waals surface area contributed by atoms with E-state index in [0.29, 0.717) is 0 Å². The summed E-state index contributed by atoms with van der Waals surface area (Å²) in [6.45, 7) is 4.43. The van der Waals surface area contributed by atoms with Crippen LogP contribution in [-0.4, -0.2) is 76.0 Å². The van der Waals surface area contributed by atoms with Gasteiger partial charge in [-0.25, -0.2) is 0 Å². The minimum absolute atomic E-state index is 0. The first-order valence-corrected chi connectivity index (χ1v) is 18.2. The van der Waals surface area contributed by atoms with Crippen molar-refractivity contribution in [2.45, 2.75) is 129 Å². The van der Waals surface area contributed by atoms with E-state index in [1.807, 2.05) is 0 Å². The second kappa shape index (κ2) is 25.0. The Morgan fingerprint density at radius 1 is 0.442 bits per heavy atom. The normalized spacial score (nSPS) is 11.4. The van der Waals surface area contributed by atoms with Crippen LogP contribution >= 0.6 is 0 Å². The van der Waals surface area contributed by atoms with E-state index >= 15 is 0 Å². The van der Waals surface area contributed by atoms with Crippen molar-refractivity contribution in [3.63, 3.8) is 0 Å². The quantitative estimate of drug-likeness (QED) is 0.0842. The zero-order chi connectivity index (χ0) is 29.8. The summed E-state index contributed by atoms with van der Waals surface area (Å²) >= 11 is 0. The Balaban J connectivity index is 0.00000882. The molecule has 0 N–H and O–H groups in total. The molecule has 0 unspecified atom stereocenters. The summed E-state index contributed by atoms with van der Waals surface area (Å²) in [5.41, 5.74) is 2.12. The van der Waals surface area contributed by atoms with E-state index in [2.05, 4.69) is 17.5 Å². The first-order chi connectivity index (χ1) is 19.7. The molecule has 0 aromatic heterocycles. The summed E-state index contributed by atoms with van der Waals surface area (Å²) < 4.78 is 62.8. The minimum atomic E-state index is -4.91. The predicted octanol–water partition coefficient (Wildman–Crippen LogP) is 7.72. The molecule has 236 valence electrons. The molecule has 11 heteroatoms. The van der Waals surface area contributed by atoms with Crippen LogP contribution in [0.25, 0.3) is 0 Å². The van der Waals surface area contributed by atoms with Gasteiger partial charge in [0, 0.05) is 0 Å². The van der Waals surface area contributed by atoms with Crippen LogP contribution in [0.15, 0.2) is 48.5 Å². The summed E-state index contributed by atoms with van der Waals surface area (Å²) in [4.78, 5) is 0. The van der Waals surface area contributed by atoms with Gasteiger partial charge in [-0.15, -0.1) is 0 Å². The molecule has 0 bridgehead atoms. The third-order valence-electron chi connectivity index (χ3n) is 7.05. The first kappa shape index (κ1) is 42.9. The molecule has 0 aliphatic heterocycles. The summed E-state index contributed by atoms with van der Waals surface area (Å²) in [6.07, 6.45) is 21.5. The summed E-state index contributed by atoms with van der Waals surface area (Å²) in [6, 6.07) is 13.0. The number of benzene rings is 2. The standard InChI is InChI=1S/C32H50O7S2.2Na.2H/c1-3-5-7-9-11-13-15-17-19-29-21-25-31(26-22-29)37-40(33,34)39-41(35,36)38-32-27-23-30(24-28-32)20-18-16-14-12-10-8-6-4-2;;;;/h21-28H,3-20H2,1-2H3;;;;. The zero-order valence-corrected chi connectivity index (χ0v) is 26.7. The summed E-state index contributed by atoms with van der Waals surface area (Å²) in [5.74, 6) is -0.0737. The Morgan fingerprint density at radius 3 is 1.02 bits per heavy atom. The average molecular weight is 659 g/mol. The fourth-order valence-corrected chi connectivity index (χ4v) is 6.45. The fourth-order valence-electron chi connectivity index (χ4n) is 4.71. The van der Waals surface area contributed by atoms with Gasteiger partial charge in [0.2, 0.25) is 0 Å². The molecular formula is C32H52Na2O7S2. The van der Waals surface area contributed by atoms with Gasteiger partial charge in [0.25, 0.3) is 0 Å². The van der Waals surface area contributed by atoms with Gasteiger partial charge >= 0.3 is 79.9 Å². The zero-order valence-electron chi connectivity index (χ0n) is 25.0. The monoisotopic (exact) mass is 658 g/mol. The van der Waals surface area contributed by atoms with E-state index in [0.717, 1.165) is 49.7 Å². The Kier molecular flexibility index (Phi) is 25.0. The Labute approximate surface area is 306 Å². The second-order valence-corrected chi connectivity index (χ2v) is 13.3. The third kappa shape index (κ3) is 21.3. The van der Waals surface area contributed by atoms with Gasteiger partial charge in [-0.1, -0.05) is 132 Å². The number of aryl methyl sites for hydroxylation is 2. The number of hydrogen-bond donors (Lipinski definition) is 0. The molecule has 0 fully saturated rings. The van der Waals surface area contributed by atoms with Crippen molar-refractivity contribution < 1.29 is 28.8 Å². The van der Waals surface area contributed by atoms with E-state index in [-0.39, 0.29) is 70.6 Å². The molecule has 7 nitrogen and oxygen atoms in total. The molecule has 0 aliphatic rings. The molecule has 0 amide bonds. The maximum atomic E-state index is 12.2. The molecule has 0 spiro atoms. The van der Waals surface area contributed by atoms with E-state index in [4.69, 9.17) is 8.37 Å². The molecule has 0 radical (unpaired) electrons. The van der Waals surface area contributed by atoms with Gasteiger partial charge in [-0.05, 0) is 61.1 Å². The molecule has 2 rings (SSSR count). The van der Waals surface area contributed by atoms with Crippen LogP contribution in [0, 0.1) is 0 Å². The van der Waals surface area contributed by atoms with Gasteiger partial charge in [-0.2, -0.15) is 16.8 Å². The van der Waals surface area contributed by atoms with Gasteiger partial charge in [0.1, 0.15) is 11.5 Å². The Hall–Kier alpha value is -0.1000. The summed E-state index contributed by atoms with van der Waals surface area (Å²) in [7, 11) is -9.81. The molecule has 0 aliphatic carbocycles. The molecule has 0 saturated heterocycles. The van der Waals surface area contributed by atoms with Crippen molar-refractivity contribution in [2.75, 3.05) is 0 Å². The van der Waals surface area contributed by atoms with Crippen LogP contribution in [0.2, 0.25) is 0 Å². The SMILES string of the molecule is CCCCCCCCCCc1ccc(OS(=O)(=O)OS(=O)(=O)Oc2ccc(CCCCCCCCCC)cc2)cc1.[NaH].[NaH]. The molecule has 0 heterocycles. The molecule has 0 atom stereocenters. The van der Waals surface area contributed by atoms with Crippen LogP contribution in [-0.2, 0) is 37.3 Å². The van der Waals surface area contributed by atoms with E-state index in [1.165, 1.54) is 101 Å². The Morgan fingerprint density at radius 2 is 0.721 bits per heavy atom. The predicted molar refractivity (Wildman–Crippen MR) is 180 cm³/mol. The number of unbranched alkanes of at least 4 members (excludes halogenated alkanes) is 14. The fraction of sp³-hybridized carbons (Fsp3) is 0.625. The van der Waals surface area contributed by atoms with E-state index in [1.54, 1.807) is 24.3 Å². The molecule has 43 heavy (non-hydrogen) atoms. The van der Waals surface area contributed by atoms with Gasteiger partial charge in [-0.3, -0.25) is 0 Å². The van der Waals surface area contributed by atoms with Crippen molar-refractivity contribution in [3.8, 4) is 11.5 Å². The van der Waals surface area contributed by atoms with Gasteiger partial charge in [0.15, 0.2) is 0 Å². The number of hydrogen-bond acceptors (Lipinski definition) is 7. The van der Waals surface area contributed by atoms with Crippen LogP contribution < -0.4 is 8.37 Å². The number of rotatable bonds is 24. The topological polar surface area (TPSA) is 96.0 Å². The summed E-state index contributed by atoms with van der Waals surface area (Å²) in [5, 5.41) is 0. The van der Waals surface area contributed by atoms with E-state index < -0.39 is 20.8 Å². The molecule has 2 aromatic carbocycles. The van der Waals surface area contributed by atoms with Crippen LogP contribution in [0.4, 0.5) is 0 Å². The van der Waals surface area contributed by atoms with Crippen LogP contribution in [0.3, 0.4) is 0 Å². The van der Waals surface area contributed by atoms with Crippen LogP contribution in [0.5, 0.6) is 11.5 Å².